The van der Waals surface area contributed by atoms with Gasteiger partial charge in [-0.05, 0) is 0 Å². The van der Waals surface area contributed by atoms with E-state index in [4.69, 9.17) is 20.2 Å². The van der Waals surface area contributed by atoms with E-state index in [-0.39, 0.29) is 6.29 Å². The third-order valence-electron chi connectivity index (χ3n) is 1.82. The van der Waals surface area contributed by atoms with Crippen LogP contribution in [0, 0.1) is 0 Å². The van der Waals surface area contributed by atoms with Gasteiger partial charge in [0.2, 0.25) is 0 Å². The van der Waals surface area contributed by atoms with Crippen LogP contribution in [0.1, 0.15) is 12.8 Å². The highest BCUT2D eigenvalue weighted by molar-refractivity contribution is 7.48. The summed E-state index contributed by atoms with van der Waals surface area (Å²) in [7, 11) is -5.48. The number of aliphatic hydroxyl groups excluding tert-OH is 1. The summed E-state index contributed by atoms with van der Waals surface area (Å²) in [6.07, 6.45) is -4.85. The van der Waals surface area contributed by atoms with E-state index < -0.39 is 50.5 Å². The van der Waals surface area contributed by atoms with Crippen LogP contribution in [0.2, 0.25) is 0 Å². The fraction of sp³-hybridized carbons (Fsp3) is 0.500. The van der Waals surface area contributed by atoms with E-state index in [2.05, 4.69) is 9.05 Å². The van der Waals surface area contributed by atoms with Crippen molar-refractivity contribution in [3.8, 4) is 0 Å². The number of carboxylic acids is 2. The Hall–Kier alpha value is -1.85. The van der Waals surface area contributed by atoms with Crippen LogP contribution in [0.5, 0.6) is 0 Å². The molecule has 0 fully saturated rings. The van der Waals surface area contributed by atoms with Crippen molar-refractivity contribution >= 4 is 32.0 Å². The lowest BCUT2D eigenvalue weighted by Crippen LogP contribution is -2.41. The molecular weight excluding hydrogens is 319 g/mol. The summed E-state index contributed by atoms with van der Waals surface area (Å²) in [4.78, 5) is 51.1. The average Bonchev–Trinajstić information content (AvgIpc) is 2.26. The van der Waals surface area contributed by atoms with E-state index in [1.807, 2.05) is 0 Å². The summed E-state index contributed by atoms with van der Waals surface area (Å²) in [5.74, 6) is -9.15. The Morgan fingerprint density at radius 1 is 1.29 bits per heavy atom. The smallest absolute Gasteiger partial charge is 0.479 e. The molecule has 13 heteroatoms. The van der Waals surface area contributed by atoms with Crippen molar-refractivity contribution in [3.05, 3.63) is 0 Å². The molecule has 0 spiro atoms. The van der Waals surface area contributed by atoms with Crippen LogP contribution in [-0.4, -0.2) is 61.4 Å². The highest BCUT2D eigenvalue weighted by atomic mass is 31.2. The molecule has 21 heavy (non-hydrogen) atoms. The zero-order valence-corrected chi connectivity index (χ0v) is 11.0. The molecule has 0 rings (SSSR count). The van der Waals surface area contributed by atoms with Gasteiger partial charge in [0.1, 0.15) is 6.29 Å². The topological polar surface area (TPSA) is 205 Å². The molecule has 0 aromatic heterocycles. The first kappa shape index (κ1) is 19.1. The molecule has 0 saturated carbocycles. The highest BCUT2D eigenvalue weighted by Crippen LogP contribution is 2.47. The van der Waals surface area contributed by atoms with E-state index in [1.54, 1.807) is 0 Å². The molecule has 0 amide bonds. The van der Waals surface area contributed by atoms with Crippen molar-refractivity contribution < 1.29 is 58.1 Å². The van der Waals surface area contributed by atoms with Crippen molar-refractivity contribution in [2.24, 2.45) is 0 Å². The standard InChI is InChI=1S/C8H11O12P/c9-2-1-8(16,7(14)15)20-21(17,18)19-5(11)3-4(10)6(12)13/h2,4,10,16H,1,3H2,(H,12,13)(H,14,15)(H,17,18). The van der Waals surface area contributed by atoms with Gasteiger partial charge >= 0.3 is 25.7 Å². The Labute approximate surface area is 116 Å². The van der Waals surface area contributed by atoms with Gasteiger partial charge in [-0.25, -0.2) is 18.7 Å². The monoisotopic (exact) mass is 330 g/mol. The van der Waals surface area contributed by atoms with E-state index in [9.17, 15) is 28.8 Å². The Kier molecular flexibility index (Phi) is 6.60. The number of phosphoric ester groups is 1. The normalized spacial score (nSPS) is 17.9. The van der Waals surface area contributed by atoms with Crippen LogP contribution < -0.4 is 0 Å². The second-order valence-electron chi connectivity index (χ2n) is 3.54. The van der Waals surface area contributed by atoms with E-state index in [0.717, 1.165) is 0 Å². The molecule has 0 aromatic rings. The zero-order valence-electron chi connectivity index (χ0n) is 10.1. The van der Waals surface area contributed by atoms with Gasteiger partial charge in [-0.1, -0.05) is 0 Å². The lowest BCUT2D eigenvalue weighted by atomic mass is 10.2. The first-order chi connectivity index (χ1) is 9.43. The summed E-state index contributed by atoms with van der Waals surface area (Å²) in [6, 6.07) is 0. The van der Waals surface area contributed by atoms with Crippen molar-refractivity contribution in [1.29, 1.82) is 0 Å². The van der Waals surface area contributed by atoms with Gasteiger partial charge in [-0.15, -0.1) is 0 Å². The number of aliphatic hydroxyl groups is 2. The molecule has 12 nitrogen and oxygen atoms in total. The van der Waals surface area contributed by atoms with E-state index >= 15 is 0 Å². The molecule has 5 N–H and O–H groups in total. The third kappa shape index (κ3) is 6.42. The second-order valence-corrected chi connectivity index (χ2v) is 4.84. The minimum absolute atomic E-state index is 0.135. The lowest BCUT2D eigenvalue weighted by molar-refractivity contribution is -0.200. The van der Waals surface area contributed by atoms with Gasteiger partial charge in [0.15, 0.2) is 6.10 Å². The number of aliphatic carboxylic acids is 2. The molecule has 0 saturated heterocycles. The molecule has 0 bridgehead atoms. The molecule has 0 radical (unpaired) electrons. The maximum absolute atomic E-state index is 11.3. The molecule has 0 aliphatic rings. The zero-order chi connectivity index (χ0) is 16.8. The van der Waals surface area contributed by atoms with Crippen LogP contribution >= 0.6 is 7.82 Å². The van der Waals surface area contributed by atoms with Gasteiger partial charge in [-0.3, -0.25) is 9.69 Å². The number of rotatable bonds is 9. The van der Waals surface area contributed by atoms with E-state index in [0.29, 0.717) is 0 Å². The van der Waals surface area contributed by atoms with Gasteiger partial charge in [0.05, 0.1) is 12.8 Å². The fourth-order valence-electron chi connectivity index (χ4n) is 0.897. The number of hydrogen-bond acceptors (Lipinski definition) is 9. The van der Waals surface area contributed by atoms with Crippen LogP contribution in [0.15, 0.2) is 0 Å². The predicted octanol–water partition coefficient (Wildman–Crippen LogP) is -2.16. The highest BCUT2D eigenvalue weighted by Gasteiger charge is 2.46. The van der Waals surface area contributed by atoms with Gasteiger partial charge in [0.25, 0.3) is 5.79 Å². The number of carbonyl (C=O) groups excluding carboxylic acids is 2. The Bertz CT molecular complexity index is 486. The number of aldehydes is 1. The second kappa shape index (κ2) is 7.24. The Morgan fingerprint density at radius 3 is 2.19 bits per heavy atom. The minimum Gasteiger partial charge on any atom is -0.479 e. The average molecular weight is 330 g/mol. The van der Waals surface area contributed by atoms with Gasteiger partial charge in [-0.2, -0.15) is 0 Å². The largest absolute Gasteiger partial charge is 0.532 e. The lowest BCUT2D eigenvalue weighted by Gasteiger charge is -2.23. The van der Waals surface area contributed by atoms with Crippen molar-refractivity contribution in [2.45, 2.75) is 24.7 Å². The van der Waals surface area contributed by atoms with Crippen molar-refractivity contribution in [1.82, 2.24) is 0 Å². The Balaban J connectivity index is 4.86. The van der Waals surface area contributed by atoms with Gasteiger partial charge in [0, 0.05) is 0 Å². The minimum atomic E-state index is -5.48. The summed E-state index contributed by atoms with van der Waals surface area (Å²) in [5, 5.41) is 34.9. The Morgan fingerprint density at radius 2 is 1.81 bits per heavy atom. The SMILES string of the molecule is O=CCC(O)(OP(=O)(O)OC(=O)CC(O)C(=O)O)C(=O)O. The summed E-state index contributed by atoms with van der Waals surface area (Å²) >= 11 is 0. The molecule has 120 valence electrons. The van der Waals surface area contributed by atoms with Crippen LogP contribution in [0.25, 0.3) is 0 Å². The first-order valence-electron chi connectivity index (χ1n) is 5.00. The van der Waals surface area contributed by atoms with Crippen LogP contribution in [0.4, 0.5) is 0 Å². The molecule has 0 aliphatic heterocycles. The first-order valence-corrected chi connectivity index (χ1v) is 6.49. The number of carboxylic acid groups (broad SMARTS) is 2. The quantitative estimate of drug-likeness (QED) is 0.174. The molecule has 3 atom stereocenters. The number of carbonyl (C=O) groups is 4. The predicted molar refractivity (Wildman–Crippen MR) is 58.5 cm³/mol. The maximum Gasteiger partial charge on any atom is 0.532 e. The van der Waals surface area contributed by atoms with Crippen molar-refractivity contribution in [2.75, 3.05) is 0 Å². The van der Waals surface area contributed by atoms with E-state index in [1.165, 1.54) is 0 Å². The third-order valence-corrected chi connectivity index (χ3v) is 2.79. The maximum atomic E-state index is 11.3. The molecule has 0 aliphatic carbocycles. The number of hydrogen-bond donors (Lipinski definition) is 5. The molecule has 0 heterocycles. The molecule has 0 aromatic carbocycles. The number of phosphoric acid groups is 1. The van der Waals surface area contributed by atoms with Crippen LogP contribution in [0.3, 0.4) is 0 Å². The fourth-order valence-corrected chi connectivity index (χ4v) is 1.80. The molecule has 3 unspecified atom stereocenters. The van der Waals surface area contributed by atoms with Crippen LogP contribution in [-0.2, 0) is 32.8 Å². The van der Waals surface area contributed by atoms with Crippen molar-refractivity contribution in [3.63, 3.8) is 0 Å². The summed E-state index contributed by atoms with van der Waals surface area (Å²) in [6.45, 7) is 0. The summed E-state index contributed by atoms with van der Waals surface area (Å²) < 4.78 is 18.8. The molecular formula is C8H11O12P. The summed E-state index contributed by atoms with van der Waals surface area (Å²) in [5.41, 5.74) is 0. The van der Waals surface area contributed by atoms with Gasteiger partial charge < -0.3 is 29.7 Å².